The van der Waals surface area contributed by atoms with E-state index in [0.717, 1.165) is 0 Å². The third-order valence-corrected chi connectivity index (χ3v) is 5.27. The summed E-state index contributed by atoms with van der Waals surface area (Å²) in [4.78, 5) is 23.4. The van der Waals surface area contributed by atoms with Crippen molar-refractivity contribution in [2.45, 2.75) is 26.8 Å². The fraction of sp³-hybridized carbons (Fsp3) is 0.421. The fourth-order valence-corrected chi connectivity index (χ4v) is 3.69. The zero-order valence-electron chi connectivity index (χ0n) is 14.4. The van der Waals surface area contributed by atoms with E-state index in [-0.39, 0.29) is 18.9 Å². The number of ether oxygens (including phenoxy) is 1. The number of nitrogens with zero attached hydrogens (tertiary/aromatic N) is 2. The van der Waals surface area contributed by atoms with E-state index in [4.69, 9.17) is 6.42 Å². The molecule has 0 saturated heterocycles. The SMILES string of the molecule is C#CCn1ccc(C[C@@]2(C(=O)O)[C@H](C=CC(=O)OC)C2(C)C)c1C#N. The van der Waals surface area contributed by atoms with Crippen LogP contribution in [-0.2, 0) is 27.3 Å². The second-order valence-electron chi connectivity index (χ2n) is 6.67. The molecule has 0 aromatic carbocycles. The highest BCUT2D eigenvalue weighted by Gasteiger charge is 2.74. The van der Waals surface area contributed by atoms with Crippen molar-refractivity contribution in [2.24, 2.45) is 16.7 Å². The van der Waals surface area contributed by atoms with Crippen LogP contribution in [0.25, 0.3) is 0 Å². The Morgan fingerprint density at radius 3 is 2.72 bits per heavy atom. The molecule has 1 aromatic rings. The number of nitriles is 1. The van der Waals surface area contributed by atoms with Gasteiger partial charge < -0.3 is 14.4 Å². The molecule has 0 spiro atoms. The molecule has 2 rings (SSSR count). The molecule has 6 heteroatoms. The fourth-order valence-electron chi connectivity index (χ4n) is 3.69. The van der Waals surface area contributed by atoms with Crippen molar-refractivity contribution in [3.8, 4) is 18.4 Å². The highest BCUT2D eigenvalue weighted by Crippen LogP contribution is 2.71. The van der Waals surface area contributed by atoms with Crippen LogP contribution in [0.4, 0.5) is 0 Å². The Labute approximate surface area is 146 Å². The number of carboxylic acids is 1. The number of carboxylic acid groups (broad SMARTS) is 1. The number of terminal acetylenes is 1. The first-order valence-corrected chi connectivity index (χ1v) is 7.77. The number of carbonyl (C=O) groups excluding carboxylic acids is 1. The Bertz CT molecular complexity index is 819. The van der Waals surface area contributed by atoms with Gasteiger partial charge in [0.05, 0.1) is 19.1 Å². The van der Waals surface area contributed by atoms with Crippen LogP contribution < -0.4 is 0 Å². The van der Waals surface area contributed by atoms with Crippen LogP contribution in [-0.4, -0.2) is 28.7 Å². The maximum Gasteiger partial charge on any atom is 0.330 e. The van der Waals surface area contributed by atoms with Crippen molar-refractivity contribution in [1.82, 2.24) is 4.57 Å². The largest absolute Gasteiger partial charge is 0.481 e. The van der Waals surface area contributed by atoms with E-state index < -0.39 is 22.8 Å². The van der Waals surface area contributed by atoms with Crippen LogP contribution in [0.15, 0.2) is 24.4 Å². The standard InChI is InChI=1S/C19H20N2O4/c1-5-9-21-10-8-13(14(21)12-20)11-19(17(23)24)15(18(19,2)3)6-7-16(22)25-4/h1,6-8,10,15H,9,11H2,2-4H3,(H,23,24)/t15-,19+/m1/s1. The number of hydrogen-bond acceptors (Lipinski definition) is 4. The third kappa shape index (κ3) is 2.81. The van der Waals surface area contributed by atoms with E-state index in [1.54, 1.807) is 22.9 Å². The van der Waals surface area contributed by atoms with E-state index in [2.05, 4.69) is 16.7 Å². The first kappa shape index (κ1) is 18.4. The minimum Gasteiger partial charge on any atom is -0.481 e. The summed E-state index contributed by atoms with van der Waals surface area (Å²) in [5.74, 6) is 0.641. The van der Waals surface area contributed by atoms with Gasteiger partial charge in [0.1, 0.15) is 11.8 Å². The Kier molecular flexibility index (Phi) is 4.76. The molecule has 0 radical (unpaired) electrons. The van der Waals surface area contributed by atoms with Gasteiger partial charge in [-0.25, -0.2) is 4.79 Å². The molecule has 0 unspecified atom stereocenters. The molecule has 1 aliphatic rings. The van der Waals surface area contributed by atoms with Gasteiger partial charge in [-0.05, 0) is 23.5 Å². The van der Waals surface area contributed by atoms with E-state index in [1.165, 1.54) is 13.2 Å². The molecule has 0 aliphatic heterocycles. The van der Waals surface area contributed by atoms with Gasteiger partial charge in [0.2, 0.25) is 0 Å². The minimum atomic E-state index is -1.09. The Hall–Kier alpha value is -2.99. The maximum absolute atomic E-state index is 12.1. The van der Waals surface area contributed by atoms with E-state index in [9.17, 15) is 20.0 Å². The van der Waals surface area contributed by atoms with Crippen LogP contribution in [0.2, 0.25) is 0 Å². The number of allylic oxidation sites excluding steroid dienone is 1. The van der Waals surface area contributed by atoms with Crippen LogP contribution in [0.3, 0.4) is 0 Å². The van der Waals surface area contributed by atoms with Gasteiger partial charge in [0.25, 0.3) is 0 Å². The quantitative estimate of drug-likeness (QED) is 0.486. The zero-order valence-corrected chi connectivity index (χ0v) is 14.4. The molecule has 1 N–H and O–H groups in total. The highest BCUT2D eigenvalue weighted by molar-refractivity contribution is 5.85. The average Bonchev–Trinajstić information content (AvgIpc) is 2.85. The summed E-state index contributed by atoms with van der Waals surface area (Å²) in [6, 6.07) is 3.83. The van der Waals surface area contributed by atoms with Gasteiger partial charge in [0, 0.05) is 18.2 Å². The van der Waals surface area contributed by atoms with Gasteiger partial charge in [-0.1, -0.05) is 25.8 Å². The van der Waals surface area contributed by atoms with Crippen molar-refractivity contribution in [1.29, 1.82) is 5.26 Å². The number of carbonyl (C=O) groups is 2. The molecule has 2 atom stereocenters. The first-order valence-electron chi connectivity index (χ1n) is 7.77. The predicted octanol–water partition coefficient (Wildman–Crippen LogP) is 1.99. The van der Waals surface area contributed by atoms with Crippen molar-refractivity contribution in [3.63, 3.8) is 0 Å². The smallest absolute Gasteiger partial charge is 0.330 e. The molecule has 25 heavy (non-hydrogen) atoms. The van der Waals surface area contributed by atoms with Crippen LogP contribution in [0.5, 0.6) is 0 Å². The summed E-state index contributed by atoms with van der Waals surface area (Å²) in [5, 5.41) is 19.3. The lowest BCUT2D eigenvalue weighted by Crippen LogP contribution is -2.24. The van der Waals surface area contributed by atoms with E-state index in [0.29, 0.717) is 11.3 Å². The number of esters is 1. The Morgan fingerprint density at radius 2 is 2.20 bits per heavy atom. The monoisotopic (exact) mass is 340 g/mol. The van der Waals surface area contributed by atoms with Gasteiger partial charge in [0.15, 0.2) is 0 Å². The number of hydrogen-bond donors (Lipinski definition) is 1. The topological polar surface area (TPSA) is 92.3 Å². The van der Waals surface area contributed by atoms with Gasteiger partial charge in [-0.15, -0.1) is 6.42 Å². The van der Waals surface area contributed by atoms with Crippen molar-refractivity contribution in [2.75, 3.05) is 7.11 Å². The lowest BCUT2D eigenvalue weighted by molar-refractivity contribution is -0.145. The number of rotatable bonds is 6. The summed E-state index contributed by atoms with van der Waals surface area (Å²) >= 11 is 0. The summed E-state index contributed by atoms with van der Waals surface area (Å²) in [6.07, 6.45) is 10.0. The van der Waals surface area contributed by atoms with Crippen LogP contribution in [0, 0.1) is 40.4 Å². The van der Waals surface area contributed by atoms with E-state index >= 15 is 0 Å². The molecule has 6 nitrogen and oxygen atoms in total. The normalized spacial score (nSPS) is 23.6. The molecule has 0 bridgehead atoms. The van der Waals surface area contributed by atoms with Crippen molar-refractivity contribution < 1.29 is 19.4 Å². The molecule has 1 fully saturated rings. The van der Waals surface area contributed by atoms with Crippen LogP contribution >= 0.6 is 0 Å². The van der Waals surface area contributed by atoms with Crippen molar-refractivity contribution in [3.05, 3.63) is 35.7 Å². The number of aliphatic carboxylic acids is 1. The summed E-state index contributed by atoms with van der Waals surface area (Å²) in [7, 11) is 1.27. The number of aromatic nitrogens is 1. The Morgan fingerprint density at radius 1 is 1.52 bits per heavy atom. The molecule has 130 valence electrons. The molecule has 1 aliphatic carbocycles. The van der Waals surface area contributed by atoms with Gasteiger partial charge in [-0.3, -0.25) is 4.79 Å². The molecule has 1 heterocycles. The molecular weight excluding hydrogens is 320 g/mol. The van der Waals surface area contributed by atoms with E-state index in [1.807, 2.05) is 13.8 Å². The Balaban J connectivity index is 2.39. The third-order valence-electron chi connectivity index (χ3n) is 5.27. The van der Waals surface area contributed by atoms with Gasteiger partial charge >= 0.3 is 11.9 Å². The maximum atomic E-state index is 12.1. The molecule has 1 saturated carbocycles. The number of methoxy groups -OCH3 is 1. The molecule has 0 amide bonds. The predicted molar refractivity (Wildman–Crippen MR) is 90.2 cm³/mol. The lowest BCUT2D eigenvalue weighted by Gasteiger charge is -2.15. The van der Waals surface area contributed by atoms with Gasteiger partial charge in [-0.2, -0.15) is 5.26 Å². The second-order valence-corrected chi connectivity index (χ2v) is 6.67. The zero-order chi connectivity index (χ0) is 18.8. The summed E-state index contributed by atoms with van der Waals surface area (Å²) < 4.78 is 6.20. The highest BCUT2D eigenvalue weighted by atomic mass is 16.5. The molecular formula is C19H20N2O4. The second kappa shape index (κ2) is 6.49. The first-order chi connectivity index (χ1) is 11.8. The molecule has 1 aromatic heterocycles. The summed E-state index contributed by atoms with van der Waals surface area (Å²) in [6.45, 7) is 3.94. The minimum absolute atomic E-state index is 0.186. The summed E-state index contributed by atoms with van der Waals surface area (Å²) in [5.41, 5.74) is -0.644. The van der Waals surface area contributed by atoms with Crippen molar-refractivity contribution >= 4 is 11.9 Å². The lowest BCUT2D eigenvalue weighted by atomic mass is 9.88. The average molecular weight is 340 g/mol. The van der Waals surface area contributed by atoms with Crippen LogP contribution in [0.1, 0.15) is 25.1 Å².